The molecule has 0 saturated heterocycles. The molecule has 2 aromatic rings. The van der Waals surface area contributed by atoms with Crippen molar-refractivity contribution in [1.29, 1.82) is 0 Å². The SMILES string of the molecule is C=CCOc1ccc(CN(C)CC(=O)Nc2ccc(OC)cc2OC)cc1. The van der Waals surface area contributed by atoms with Gasteiger partial charge in [-0.2, -0.15) is 0 Å². The highest BCUT2D eigenvalue weighted by molar-refractivity contribution is 5.93. The van der Waals surface area contributed by atoms with Gasteiger partial charge in [-0.1, -0.05) is 24.8 Å². The number of anilines is 1. The zero-order chi connectivity index (χ0) is 19.6. The highest BCUT2D eigenvalue weighted by Crippen LogP contribution is 2.28. The number of nitrogens with zero attached hydrogens (tertiary/aromatic N) is 1. The summed E-state index contributed by atoms with van der Waals surface area (Å²) < 4.78 is 15.9. The van der Waals surface area contributed by atoms with E-state index in [1.807, 2.05) is 36.2 Å². The molecule has 1 N–H and O–H groups in total. The molecule has 144 valence electrons. The summed E-state index contributed by atoms with van der Waals surface area (Å²) in [6.07, 6.45) is 1.71. The second kappa shape index (κ2) is 10.2. The van der Waals surface area contributed by atoms with Gasteiger partial charge in [0.15, 0.2) is 0 Å². The fourth-order valence-electron chi connectivity index (χ4n) is 2.55. The predicted molar refractivity (Wildman–Crippen MR) is 107 cm³/mol. The minimum absolute atomic E-state index is 0.119. The maximum Gasteiger partial charge on any atom is 0.238 e. The van der Waals surface area contributed by atoms with Crippen molar-refractivity contribution >= 4 is 11.6 Å². The predicted octanol–water partition coefficient (Wildman–Crippen LogP) is 3.34. The summed E-state index contributed by atoms with van der Waals surface area (Å²) in [7, 11) is 5.03. The average molecular weight is 370 g/mol. The van der Waals surface area contributed by atoms with Gasteiger partial charge in [0.25, 0.3) is 0 Å². The van der Waals surface area contributed by atoms with E-state index in [-0.39, 0.29) is 12.5 Å². The third kappa shape index (κ3) is 6.34. The number of carbonyl (C=O) groups is 1. The fourth-order valence-corrected chi connectivity index (χ4v) is 2.55. The van der Waals surface area contributed by atoms with Crippen molar-refractivity contribution in [3.63, 3.8) is 0 Å². The highest BCUT2D eigenvalue weighted by Gasteiger charge is 2.11. The first-order valence-corrected chi connectivity index (χ1v) is 8.58. The Kier molecular flexibility index (Phi) is 7.70. The largest absolute Gasteiger partial charge is 0.497 e. The molecule has 0 saturated carbocycles. The summed E-state index contributed by atoms with van der Waals surface area (Å²) in [5, 5.41) is 2.87. The topological polar surface area (TPSA) is 60.0 Å². The van der Waals surface area contributed by atoms with Gasteiger partial charge < -0.3 is 19.5 Å². The van der Waals surface area contributed by atoms with Crippen molar-refractivity contribution in [2.75, 3.05) is 39.7 Å². The Labute approximate surface area is 160 Å². The molecule has 0 aliphatic heterocycles. The van der Waals surface area contributed by atoms with Crippen molar-refractivity contribution in [2.45, 2.75) is 6.54 Å². The van der Waals surface area contributed by atoms with Crippen LogP contribution < -0.4 is 19.5 Å². The molecule has 0 aliphatic carbocycles. The molecule has 0 atom stereocenters. The maximum absolute atomic E-state index is 12.3. The van der Waals surface area contributed by atoms with Crippen molar-refractivity contribution < 1.29 is 19.0 Å². The summed E-state index contributed by atoms with van der Waals surface area (Å²) in [4.78, 5) is 14.3. The lowest BCUT2D eigenvalue weighted by Crippen LogP contribution is -2.29. The molecule has 6 nitrogen and oxygen atoms in total. The standard InChI is InChI=1S/C21H26N2O4/c1-5-12-27-17-8-6-16(7-9-17)14-23(2)15-21(24)22-19-11-10-18(25-3)13-20(19)26-4/h5-11,13H,1,12,14-15H2,2-4H3,(H,22,24). The quantitative estimate of drug-likeness (QED) is 0.650. The van der Waals surface area contributed by atoms with Crippen LogP contribution in [0.25, 0.3) is 0 Å². The van der Waals surface area contributed by atoms with Crippen LogP contribution in [0.5, 0.6) is 17.2 Å². The number of nitrogens with one attached hydrogen (secondary N) is 1. The number of amides is 1. The number of likely N-dealkylation sites (N-methyl/N-ethyl adjacent to an activating group) is 1. The number of hydrogen-bond acceptors (Lipinski definition) is 5. The smallest absolute Gasteiger partial charge is 0.238 e. The van der Waals surface area contributed by atoms with Gasteiger partial charge in [-0.3, -0.25) is 9.69 Å². The van der Waals surface area contributed by atoms with E-state index in [2.05, 4.69) is 11.9 Å². The molecule has 0 unspecified atom stereocenters. The Morgan fingerprint density at radius 2 is 1.81 bits per heavy atom. The molecule has 0 fully saturated rings. The van der Waals surface area contributed by atoms with Crippen molar-refractivity contribution in [3.05, 3.63) is 60.7 Å². The van der Waals surface area contributed by atoms with E-state index in [0.717, 1.165) is 11.3 Å². The first-order chi connectivity index (χ1) is 13.0. The highest BCUT2D eigenvalue weighted by atomic mass is 16.5. The third-order valence-corrected chi connectivity index (χ3v) is 3.84. The molecule has 0 aliphatic rings. The monoisotopic (exact) mass is 370 g/mol. The summed E-state index contributed by atoms with van der Waals surface area (Å²) in [6, 6.07) is 13.1. The number of carbonyl (C=O) groups excluding carboxylic acids is 1. The molecule has 27 heavy (non-hydrogen) atoms. The van der Waals surface area contributed by atoms with Crippen molar-refractivity contribution in [1.82, 2.24) is 4.90 Å². The Morgan fingerprint density at radius 1 is 1.11 bits per heavy atom. The Balaban J connectivity index is 1.89. The van der Waals surface area contributed by atoms with E-state index in [9.17, 15) is 4.79 Å². The van der Waals surface area contributed by atoms with Crippen LogP contribution in [-0.2, 0) is 11.3 Å². The van der Waals surface area contributed by atoms with E-state index in [1.54, 1.807) is 38.5 Å². The van der Waals surface area contributed by atoms with Gasteiger partial charge in [0.2, 0.25) is 5.91 Å². The number of ether oxygens (including phenoxy) is 3. The van der Waals surface area contributed by atoms with Crippen LogP contribution in [0.4, 0.5) is 5.69 Å². The average Bonchev–Trinajstić information content (AvgIpc) is 2.67. The molecule has 0 aromatic heterocycles. The van der Waals surface area contributed by atoms with Crippen molar-refractivity contribution in [3.8, 4) is 17.2 Å². The minimum Gasteiger partial charge on any atom is -0.497 e. The number of hydrogen-bond donors (Lipinski definition) is 1. The maximum atomic E-state index is 12.3. The van der Waals surface area contributed by atoms with E-state index >= 15 is 0 Å². The molecule has 0 radical (unpaired) electrons. The van der Waals surface area contributed by atoms with Gasteiger partial charge >= 0.3 is 0 Å². The summed E-state index contributed by atoms with van der Waals surface area (Å²) in [5.41, 5.74) is 1.71. The van der Waals surface area contributed by atoms with Gasteiger partial charge in [0.05, 0.1) is 26.5 Å². The fraction of sp³-hybridized carbons (Fsp3) is 0.286. The third-order valence-electron chi connectivity index (χ3n) is 3.84. The molecule has 0 spiro atoms. The number of methoxy groups -OCH3 is 2. The van der Waals surface area contributed by atoms with Crippen LogP contribution in [0.3, 0.4) is 0 Å². The molecule has 0 heterocycles. The van der Waals surface area contributed by atoms with E-state index < -0.39 is 0 Å². The lowest BCUT2D eigenvalue weighted by molar-refractivity contribution is -0.117. The molecule has 0 bridgehead atoms. The lowest BCUT2D eigenvalue weighted by Gasteiger charge is -2.17. The van der Waals surface area contributed by atoms with E-state index in [4.69, 9.17) is 14.2 Å². The summed E-state index contributed by atoms with van der Waals surface area (Å²) in [6.45, 7) is 5.01. The molecular formula is C21H26N2O4. The molecular weight excluding hydrogens is 344 g/mol. The first-order valence-electron chi connectivity index (χ1n) is 8.58. The van der Waals surface area contributed by atoms with E-state index in [1.165, 1.54) is 0 Å². The van der Waals surface area contributed by atoms with Crippen LogP contribution in [0, 0.1) is 0 Å². The van der Waals surface area contributed by atoms with Crippen LogP contribution >= 0.6 is 0 Å². The zero-order valence-electron chi connectivity index (χ0n) is 16.0. The van der Waals surface area contributed by atoms with Crippen molar-refractivity contribution in [2.24, 2.45) is 0 Å². The number of benzene rings is 2. The van der Waals surface area contributed by atoms with Crippen LogP contribution in [-0.4, -0.2) is 45.2 Å². The van der Waals surface area contributed by atoms with Gasteiger partial charge in [-0.05, 0) is 36.9 Å². The van der Waals surface area contributed by atoms with Crippen LogP contribution in [0.2, 0.25) is 0 Å². The second-order valence-electron chi connectivity index (χ2n) is 6.03. The molecule has 2 aromatic carbocycles. The Hall–Kier alpha value is -2.99. The molecule has 1 amide bonds. The number of rotatable bonds is 10. The van der Waals surface area contributed by atoms with Gasteiger partial charge in [-0.25, -0.2) is 0 Å². The van der Waals surface area contributed by atoms with Gasteiger partial charge in [-0.15, -0.1) is 0 Å². The first kappa shape index (κ1) is 20.3. The van der Waals surface area contributed by atoms with Crippen LogP contribution in [0.15, 0.2) is 55.1 Å². The van der Waals surface area contributed by atoms with E-state index in [0.29, 0.717) is 30.3 Å². The van der Waals surface area contributed by atoms with Gasteiger partial charge in [0, 0.05) is 12.6 Å². The normalized spacial score (nSPS) is 10.4. The molecule has 6 heteroatoms. The minimum atomic E-state index is -0.119. The summed E-state index contributed by atoms with van der Waals surface area (Å²) >= 11 is 0. The second-order valence-corrected chi connectivity index (χ2v) is 6.03. The Morgan fingerprint density at radius 3 is 2.44 bits per heavy atom. The molecule has 2 rings (SSSR count). The summed E-state index contributed by atoms with van der Waals surface area (Å²) in [5.74, 6) is 1.90. The lowest BCUT2D eigenvalue weighted by atomic mass is 10.2. The van der Waals surface area contributed by atoms with Crippen LogP contribution in [0.1, 0.15) is 5.56 Å². The van der Waals surface area contributed by atoms with Gasteiger partial charge in [0.1, 0.15) is 23.9 Å². The zero-order valence-corrected chi connectivity index (χ0v) is 16.0. The Bertz CT molecular complexity index is 759.